The van der Waals surface area contributed by atoms with Crippen molar-refractivity contribution in [1.29, 1.82) is 0 Å². The number of anilines is 2. The highest BCUT2D eigenvalue weighted by Gasteiger charge is 2.25. The smallest absolute Gasteiger partial charge is 0.407 e. The normalized spacial score (nSPS) is 16.0. The molecule has 1 heterocycles. The average molecular weight is 690 g/mol. The number of nitro groups is 1. The lowest BCUT2D eigenvalue weighted by molar-refractivity contribution is -0.384. The molecular formula is C35H47N9O6. The van der Waals surface area contributed by atoms with E-state index in [-0.39, 0.29) is 24.0 Å². The van der Waals surface area contributed by atoms with Gasteiger partial charge in [0.2, 0.25) is 23.6 Å². The number of nitrogens with two attached hydrogens (primary N) is 2. The van der Waals surface area contributed by atoms with Gasteiger partial charge in [-0.05, 0) is 99.1 Å². The first kappa shape index (κ1) is 37.5. The molecule has 0 unspecified atom stereocenters. The summed E-state index contributed by atoms with van der Waals surface area (Å²) in [6.07, 6.45) is 4.52. The van der Waals surface area contributed by atoms with Crippen LogP contribution in [0.3, 0.4) is 0 Å². The predicted molar refractivity (Wildman–Crippen MR) is 190 cm³/mol. The fraction of sp³-hybridized carbons (Fsp3) is 0.457. The van der Waals surface area contributed by atoms with E-state index in [4.69, 9.17) is 16.2 Å². The molecule has 3 amide bonds. The molecule has 1 fully saturated rings. The van der Waals surface area contributed by atoms with E-state index in [1.165, 1.54) is 6.20 Å². The summed E-state index contributed by atoms with van der Waals surface area (Å²) in [5.41, 5.74) is 14.5. The van der Waals surface area contributed by atoms with E-state index in [2.05, 4.69) is 31.2 Å². The van der Waals surface area contributed by atoms with Crippen molar-refractivity contribution in [3.8, 4) is 11.1 Å². The van der Waals surface area contributed by atoms with Crippen LogP contribution in [0, 0.1) is 28.9 Å². The first-order valence-corrected chi connectivity index (χ1v) is 16.7. The number of carbonyl (C=O) groups is 3. The topological polar surface area (TPSA) is 230 Å². The molecular weight excluding hydrogens is 642 g/mol. The zero-order valence-electron chi connectivity index (χ0n) is 29.0. The summed E-state index contributed by atoms with van der Waals surface area (Å²) in [6, 6.07) is 12.3. The minimum absolute atomic E-state index is 0.159. The van der Waals surface area contributed by atoms with E-state index in [0.29, 0.717) is 31.5 Å². The predicted octanol–water partition coefficient (Wildman–Crippen LogP) is 4.14. The molecule has 1 aliphatic rings. The number of hydrogen-bond acceptors (Lipinski definition) is 11. The summed E-state index contributed by atoms with van der Waals surface area (Å²) < 4.78 is 5.32. The van der Waals surface area contributed by atoms with Crippen LogP contribution in [0.2, 0.25) is 0 Å². The third-order valence-electron chi connectivity index (χ3n) is 8.62. The van der Waals surface area contributed by atoms with Crippen LogP contribution in [0.5, 0.6) is 0 Å². The maximum atomic E-state index is 12.0. The number of nitrogens with zero attached hydrogens (tertiary/aromatic N) is 3. The molecule has 0 spiro atoms. The van der Waals surface area contributed by atoms with Gasteiger partial charge in [0.05, 0.1) is 4.92 Å². The molecule has 1 saturated carbocycles. The van der Waals surface area contributed by atoms with Crippen molar-refractivity contribution in [2.24, 2.45) is 23.3 Å². The second-order valence-electron chi connectivity index (χ2n) is 13.6. The van der Waals surface area contributed by atoms with Gasteiger partial charge in [-0.1, -0.05) is 36.4 Å². The molecule has 0 atom stereocenters. The Morgan fingerprint density at radius 2 is 1.64 bits per heavy atom. The standard InChI is InChI=1S/C35H47N9O6/c1-21-26(9-6-10-27(21)25-8-5-7-24(15-25)18-38-29(30(36)45)31(37)46)19-40-33-41-20-28(44(48)49)32(43-33)39-16-22-11-13-23(14-12-22)17-42-34(47)50-35(2,3)4/h5-10,15,20,22-23,29,38H,11-14,16-19H2,1-4H3,(H2,36,45)(H2,37,46)(H,42,47)(H2,39,40,41,43). The van der Waals surface area contributed by atoms with Crippen LogP contribution in [-0.2, 0) is 27.4 Å². The van der Waals surface area contributed by atoms with Gasteiger partial charge in [0.1, 0.15) is 11.8 Å². The van der Waals surface area contributed by atoms with Crippen molar-refractivity contribution >= 4 is 35.4 Å². The lowest BCUT2D eigenvalue weighted by Gasteiger charge is -2.29. The number of aromatic nitrogens is 2. The van der Waals surface area contributed by atoms with E-state index in [1.54, 1.807) is 0 Å². The van der Waals surface area contributed by atoms with E-state index in [9.17, 15) is 24.5 Å². The molecule has 15 nitrogen and oxygen atoms in total. The molecule has 0 radical (unpaired) electrons. The Morgan fingerprint density at radius 1 is 0.980 bits per heavy atom. The number of benzene rings is 2. The quantitative estimate of drug-likeness (QED) is 0.0754. The summed E-state index contributed by atoms with van der Waals surface area (Å²) in [5.74, 6) is -0.593. The van der Waals surface area contributed by atoms with Crippen LogP contribution in [0.1, 0.15) is 63.1 Å². The average Bonchev–Trinajstić information content (AvgIpc) is 3.05. The van der Waals surface area contributed by atoms with E-state index < -0.39 is 34.5 Å². The van der Waals surface area contributed by atoms with Gasteiger partial charge in [-0.2, -0.15) is 4.98 Å². The maximum absolute atomic E-state index is 12.0. The van der Waals surface area contributed by atoms with Crippen molar-refractivity contribution in [3.63, 3.8) is 0 Å². The van der Waals surface area contributed by atoms with Crippen molar-refractivity contribution in [1.82, 2.24) is 20.6 Å². The monoisotopic (exact) mass is 689 g/mol. The summed E-state index contributed by atoms with van der Waals surface area (Å²) in [4.78, 5) is 55.0. The third kappa shape index (κ3) is 10.9. The second kappa shape index (κ2) is 16.9. The second-order valence-corrected chi connectivity index (χ2v) is 13.6. The first-order valence-electron chi connectivity index (χ1n) is 16.7. The largest absolute Gasteiger partial charge is 0.444 e. The van der Waals surface area contributed by atoms with Gasteiger partial charge >= 0.3 is 11.8 Å². The Hall–Kier alpha value is -5.31. The summed E-state index contributed by atoms with van der Waals surface area (Å²) in [6.45, 7) is 9.17. The van der Waals surface area contributed by atoms with E-state index >= 15 is 0 Å². The SMILES string of the molecule is Cc1c(CNc2ncc([N+](=O)[O-])c(NCC3CCC(CNC(=O)OC(C)(C)C)CC3)n2)cccc1-c1cccc(CNC(C(N)=O)C(N)=O)c1. The Morgan fingerprint density at radius 3 is 2.28 bits per heavy atom. The molecule has 1 aromatic heterocycles. The van der Waals surface area contributed by atoms with Gasteiger partial charge in [0, 0.05) is 26.2 Å². The van der Waals surface area contributed by atoms with Gasteiger partial charge in [-0.25, -0.2) is 9.78 Å². The van der Waals surface area contributed by atoms with E-state index in [1.807, 2.05) is 70.2 Å². The maximum Gasteiger partial charge on any atom is 0.407 e. The van der Waals surface area contributed by atoms with Crippen molar-refractivity contribution in [2.75, 3.05) is 23.7 Å². The fourth-order valence-corrected chi connectivity index (χ4v) is 5.92. The lowest BCUT2D eigenvalue weighted by Crippen LogP contribution is -2.49. The first-order chi connectivity index (χ1) is 23.7. The van der Waals surface area contributed by atoms with Gasteiger partial charge in [0.25, 0.3) is 0 Å². The Labute approximate surface area is 291 Å². The number of carbonyl (C=O) groups excluding carboxylic acids is 3. The van der Waals surface area contributed by atoms with Crippen molar-refractivity contribution < 1.29 is 24.0 Å². The molecule has 268 valence electrons. The third-order valence-corrected chi connectivity index (χ3v) is 8.62. The molecule has 15 heteroatoms. The molecule has 2 aromatic carbocycles. The number of nitrogens with one attached hydrogen (secondary N) is 4. The van der Waals surface area contributed by atoms with Gasteiger partial charge < -0.3 is 32.2 Å². The highest BCUT2D eigenvalue weighted by atomic mass is 16.6. The van der Waals surface area contributed by atoms with Crippen LogP contribution in [0.4, 0.5) is 22.2 Å². The number of primary amides is 2. The van der Waals surface area contributed by atoms with Crippen LogP contribution >= 0.6 is 0 Å². The highest BCUT2D eigenvalue weighted by Crippen LogP contribution is 2.31. The minimum atomic E-state index is -1.27. The zero-order chi connectivity index (χ0) is 36.4. The fourth-order valence-electron chi connectivity index (χ4n) is 5.92. The van der Waals surface area contributed by atoms with Crippen LogP contribution < -0.4 is 32.7 Å². The lowest BCUT2D eigenvalue weighted by atomic mass is 9.82. The van der Waals surface area contributed by atoms with Gasteiger partial charge in [-0.3, -0.25) is 25.0 Å². The molecule has 1 aliphatic carbocycles. The molecule has 0 bridgehead atoms. The molecule has 8 N–H and O–H groups in total. The summed E-state index contributed by atoms with van der Waals surface area (Å²) in [5, 5.41) is 23.8. The number of hydrogen-bond donors (Lipinski definition) is 6. The molecule has 4 rings (SSSR count). The molecule has 50 heavy (non-hydrogen) atoms. The van der Waals surface area contributed by atoms with Gasteiger partial charge in [0.15, 0.2) is 6.04 Å². The Balaban J connectivity index is 1.35. The Kier molecular flexibility index (Phi) is 12.7. The molecule has 3 aromatic rings. The number of ether oxygens (including phenoxy) is 1. The number of rotatable bonds is 15. The van der Waals surface area contributed by atoms with Crippen molar-refractivity contribution in [2.45, 2.75) is 78.1 Å². The highest BCUT2D eigenvalue weighted by molar-refractivity contribution is 6.02. The van der Waals surface area contributed by atoms with Gasteiger partial charge in [-0.15, -0.1) is 0 Å². The van der Waals surface area contributed by atoms with Crippen LogP contribution in [0.15, 0.2) is 48.7 Å². The minimum Gasteiger partial charge on any atom is -0.444 e. The van der Waals surface area contributed by atoms with Crippen LogP contribution in [0.25, 0.3) is 11.1 Å². The van der Waals surface area contributed by atoms with E-state index in [0.717, 1.165) is 53.5 Å². The molecule has 0 saturated heterocycles. The Bertz CT molecular complexity index is 1670. The number of amides is 3. The summed E-state index contributed by atoms with van der Waals surface area (Å²) in [7, 11) is 0. The number of alkyl carbamates (subject to hydrolysis) is 1. The molecule has 0 aliphatic heterocycles. The van der Waals surface area contributed by atoms with Crippen molar-refractivity contribution in [3.05, 3.63) is 75.5 Å². The summed E-state index contributed by atoms with van der Waals surface area (Å²) >= 11 is 0. The van der Waals surface area contributed by atoms with Crippen LogP contribution in [-0.4, -0.2) is 57.5 Å². The zero-order valence-corrected chi connectivity index (χ0v) is 29.0.